The van der Waals surface area contributed by atoms with Crippen LogP contribution < -0.4 is 40.5 Å². The van der Waals surface area contributed by atoms with Gasteiger partial charge in [-0.15, -0.1) is 0 Å². The molecule has 0 saturated heterocycles. The van der Waals surface area contributed by atoms with Gasteiger partial charge in [0.15, 0.2) is 0 Å². The molecular weight excluding hydrogens is 655 g/mol. The van der Waals surface area contributed by atoms with Crippen LogP contribution in [-0.2, 0) is 9.53 Å². The fraction of sp³-hybridized carbons (Fsp3) is 0.0278. The first kappa shape index (κ1) is 35.7. The molecule has 5 rings (SSSR count). The minimum atomic E-state index is -4.69. The van der Waals surface area contributed by atoms with E-state index in [1.54, 1.807) is 48.5 Å². The molecule has 2 amide bonds. The van der Waals surface area contributed by atoms with Gasteiger partial charge in [0.1, 0.15) is 34.7 Å². The van der Waals surface area contributed by atoms with Gasteiger partial charge < -0.3 is 15.4 Å². The number of amides is 2. The predicted molar refractivity (Wildman–Crippen MR) is 176 cm³/mol. The van der Waals surface area contributed by atoms with Gasteiger partial charge in [-0.25, -0.2) is 4.79 Å². The van der Waals surface area contributed by atoms with Crippen molar-refractivity contribution >= 4 is 46.6 Å². The van der Waals surface area contributed by atoms with Gasteiger partial charge in [-0.05, 0) is 60.7 Å². The molecule has 3 N–H and O–H groups in total. The molecule has 5 aromatic rings. The van der Waals surface area contributed by atoms with Crippen molar-refractivity contribution in [3.8, 4) is 0 Å². The van der Waals surface area contributed by atoms with Gasteiger partial charge in [0.25, 0.3) is 11.8 Å². The number of benzene rings is 5. The molecule has 0 aliphatic rings. The van der Waals surface area contributed by atoms with E-state index < -0.39 is 35.3 Å². The molecular formula is C36H31ClN2O8P+. The highest BCUT2D eigenvalue weighted by atomic mass is 35.7. The normalized spacial score (nSPS) is 11.4. The Kier molecular flexibility index (Phi) is 12.3. The lowest BCUT2D eigenvalue weighted by atomic mass is 10.1. The van der Waals surface area contributed by atoms with Crippen LogP contribution in [0, 0.1) is 10.2 Å². The summed E-state index contributed by atoms with van der Waals surface area (Å²) >= 11 is 0. The lowest BCUT2D eigenvalue weighted by Crippen LogP contribution is -2.58. The summed E-state index contributed by atoms with van der Waals surface area (Å²) in [5.74, 6) is 0.294. The average Bonchev–Trinajstić information content (AvgIpc) is 3.10. The summed E-state index contributed by atoms with van der Waals surface area (Å²) in [6.45, 7) is 0. The van der Waals surface area contributed by atoms with E-state index >= 15 is 0 Å². The van der Waals surface area contributed by atoms with Gasteiger partial charge in [0, 0.05) is 5.56 Å². The van der Waals surface area contributed by atoms with Crippen molar-refractivity contribution in [1.82, 2.24) is 5.32 Å². The molecule has 0 saturated carbocycles. The first-order valence-corrected chi connectivity index (χ1v) is 17.4. The fourth-order valence-electron chi connectivity index (χ4n) is 4.86. The van der Waals surface area contributed by atoms with Crippen LogP contribution in [0.1, 0.15) is 20.7 Å². The van der Waals surface area contributed by atoms with E-state index in [1.807, 2.05) is 103 Å². The summed E-state index contributed by atoms with van der Waals surface area (Å²) < 4.78 is 37.6. The van der Waals surface area contributed by atoms with E-state index in [1.165, 1.54) is 7.11 Å². The average molecular weight is 686 g/mol. The summed E-state index contributed by atoms with van der Waals surface area (Å²) in [5.41, 5.74) is 0.919. The molecule has 12 heteroatoms. The smallest absolute Gasteiger partial charge is 0.339 e. The predicted octanol–water partition coefficient (Wildman–Crippen LogP) is 1.55. The van der Waals surface area contributed by atoms with Crippen LogP contribution in [0.3, 0.4) is 0 Å². The zero-order chi connectivity index (χ0) is 34.6. The molecule has 0 aliphatic carbocycles. The summed E-state index contributed by atoms with van der Waals surface area (Å²) in [6, 6.07) is 45.3. The molecule has 0 fully saturated rings. The minimum absolute atomic E-state index is 0.0541. The number of para-hydroxylation sites is 1. The maximum Gasteiger partial charge on any atom is 0.339 e. The Labute approximate surface area is 280 Å². The molecule has 0 aliphatic heterocycles. The molecule has 5 aromatic carbocycles. The van der Waals surface area contributed by atoms with Gasteiger partial charge in [-0.3, -0.25) is 9.59 Å². The van der Waals surface area contributed by atoms with Crippen LogP contribution in [0.5, 0.6) is 0 Å². The van der Waals surface area contributed by atoms with E-state index in [-0.39, 0.29) is 16.9 Å². The minimum Gasteiger partial charge on any atom is -0.465 e. The number of methoxy groups -OCH3 is 1. The molecule has 48 heavy (non-hydrogen) atoms. The van der Waals surface area contributed by atoms with E-state index in [4.69, 9.17) is 23.4 Å². The van der Waals surface area contributed by atoms with Crippen molar-refractivity contribution in [2.45, 2.75) is 0 Å². The third kappa shape index (κ3) is 9.43. The summed E-state index contributed by atoms with van der Waals surface area (Å²) in [7, 11) is -6.09. The van der Waals surface area contributed by atoms with Crippen LogP contribution in [0.25, 0.3) is 0 Å². The zero-order valence-corrected chi connectivity index (χ0v) is 27.2. The van der Waals surface area contributed by atoms with Crippen LogP contribution in [0.4, 0.5) is 5.69 Å². The number of nitrogens with one attached hydrogen (secondary N) is 2. The maximum atomic E-state index is 14.2. The number of halogens is 1. The number of ether oxygens (including phenoxy) is 1. The molecule has 0 aromatic heterocycles. The monoisotopic (exact) mass is 685 g/mol. The highest BCUT2D eigenvalue weighted by molar-refractivity contribution is 7.98. The zero-order valence-electron chi connectivity index (χ0n) is 25.6. The van der Waals surface area contributed by atoms with Crippen molar-refractivity contribution in [3.05, 3.63) is 168 Å². The molecule has 0 atom stereocenters. The molecule has 10 nitrogen and oxygen atoms in total. The Morgan fingerprint density at radius 2 is 1.06 bits per heavy atom. The molecule has 0 spiro atoms. The number of hydrogen-bond donors (Lipinski definition) is 3. The van der Waals surface area contributed by atoms with E-state index in [0.29, 0.717) is 5.56 Å². The Balaban J connectivity index is 0.000000968. The standard InChI is InChI=1S/C36H29N2O4P.ClHO4/c1-42-36(41)31-24-14-15-25-32(31)37-35(40)33(38-34(39)27-16-6-2-7-17-27)26-43(28-18-8-3-9-19-28,29-20-10-4-11-21-29)30-22-12-5-13-23-30;2-1(3,4)5/h2-26H,1H3,(H-,37,38,39,40,41);(H,2,3,4,5)/p+1/b33-26-;. The molecule has 0 bridgehead atoms. The lowest BCUT2D eigenvalue weighted by molar-refractivity contribution is -1.92. The topological polar surface area (TPSA) is 174 Å². The van der Waals surface area contributed by atoms with Crippen LogP contribution in [-0.4, -0.2) is 29.6 Å². The number of carbonyl (C=O) groups is 3. The van der Waals surface area contributed by atoms with Crippen molar-refractivity contribution in [3.63, 3.8) is 0 Å². The van der Waals surface area contributed by atoms with Crippen molar-refractivity contribution in [1.29, 1.82) is 0 Å². The Hall–Kier alpha value is -5.19. The van der Waals surface area contributed by atoms with Crippen LogP contribution >= 0.6 is 7.26 Å². The van der Waals surface area contributed by atoms with E-state index in [9.17, 15) is 14.4 Å². The van der Waals surface area contributed by atoms with Crippen molar-refractivity contribution in [2.24, 2.45) is 0 Å². The third-order valence-corrected chi connectivity index (χ3v) is 10.9. The molecule has 244 valence electrons. The van der Waals surface area contributed by atoms with Gasteiger partial charge in [-0.2, -0.15) is 14.0 Å². The van der Waals surface area contributed by atoms with Gasteiger partial charge in [0.2, 0.25) is 0 Å². The summed E-state index contributed by atoms with van der Waals surface area (Å²) in [6.07, 6.45) is 0. The van der Waals surface area contributed by atoms with Gasteiger partial charge in [-0.1, -0.05) is 84.9 Å². The number of rotatable bonds is 9. The number of carbonyl (C=O) groups excluding carboxylic acids is 3. The fourth-order valence-corrected chi connectivity index (χ4v) is 8.69. The SMILES string of the molecule is COC(=O)c1ccccc1NC(=O)/C(=C/[P+](c1ccccc1)(c1ccccc1)c1ccccc1)NC(=O)c1ccccc1.[O-][Cl+3]([O-])([O-])O. The van der Waals surface area contributed by atoms with Crippen LogP contribution in [0.2, 0.25) is 0 Å². The van der Waals surface area contributed by atoms with Crippen molar-refractivity contribution < 1.29 is 48.0 Å². The van der Waals surface area contributed by atoms with E-state index in [2.05, 4.69) is 10.6 Å². The van der Waals surface area contributed by atoms with Gasteiger partial charge in [0.05, 0.1) is 33.3 Å². The summed E-state index contributed by atoms with van der Waals surface area (Å²) in [4.78, 5) is 40.2. The first-order valence-electron chi connectivity index (χ1n) is 14.3. The maximum absolute atomic E-state index is 14.2. The number of esters is 1. The Morgan fingerprint density at radius 3 is 1.50 bits per heavy atom. The second-order valence-electron chi connectivity index (χ2n) is 9.98. The summed E-state index contributed by atoms with van der Waals surface area (Å²) in [5, 5.41) is 8.76. The third-order valence-electron chi connectivity index (χ3n) is 6.92. The Bertz CT molecular complexity index is 1750. The highest BCUT2D eigenvalue weighted by Crippen LogP contribution is 2.57. The molecule has 0 radical (unpaired) electrons. The van der Waals surface area contributed by atoms with Gasteiger partial charge >= 0.3 is 5.97 Å². The Morgan fingerprint density at radius 1 is 0.667 bits per heavy atom. The first-order chi connectivity index (χ1) is 23.0. The molecule has 0 heterocycles. The second kappa shape index (κ2) is 16.6. The van der Waals surface area contributed by atoms with Crippen molar-refractivity contribution in [2.75, 3.05) is 12.4 Å². The quantitative estimate of drug-likeness (QED) is 0.119. The van der Waals surface area contributed by atoms with E-state index in [0.717, 1.165) is 15.9 Å². The number of hydrogen-bond acceptors (Lipinski definition) is 8. The largest absolute Gasteiger partial charge is 0.465 e. The molecule has 0 unspecified atom stereocenters. The number of anilines is 1. The second-order valence-corrected chi connectivity index (χ2v) is 14.0. The highest BCUT2D eigenvalue weighted by Gasteiger charge is 2.45. The lowest BCUT2D eigenvalue weighted by Gasteiger charge is -2.25. The van der Waals surface area contributed by atoms with Crippen LogP contribution in [0.15, 0.2) is 157 Å².